The molecule has 1 aliphatic heterocycles. The fourth-order valence-corrected chi connectivity index (χ4v) is 4.47. The second-order valence-electron chi connectivity index (χ2n) is 6.39. The summed E-state index contributed by atoms with van der Waals surface area (Å²) >= 11 is 1.67. The van der Waals surface area contributed by atoms with E-state index >= 15 is 0 Å². The quantitative estimate of drug-likeness (QED) is 0.851. The SMILES string of the molecule is CCC1(C(C)C)SC(=NC2CCCCCCC2)NC1=O. The zero-order chi connectivity index (χ0) is 14.6. The number of aliphatic imine (C=N–C) groups is 1. The lowest BCUT2D eigenvalue weighted by Crippen LogP contribution is -2.40. The number of hydrogen-bond donors (Lipinski definition) is 1. The number of nitrogens with zero attached hydrogens (tertiary/aromatic N) is 1. The Kier molecular flexibility index (Phi) is 5.53. The Morgan fingerprint density at radius 2 is 1.85 bits per heavy atom. The van der Waals surface area contributed by atoms with Crippen LogP contribution in [0.3, 0.4) is 0 Å². The largest absolute Gasteiger partial charge is 0.304 e. The molecule has 0 aromatic heterocycles. The van der Waals surface area contributed by atoms with Crippen molar-refractivity contribution < 1.29 is 4.79 Å². The van der Waals surface area contributed by atoms with E-state index < -0.39 is 0 Å². The van der Waals surface area contributed by atoms with E-state index in [0.29, 0.717) is 12.0 Å². The number of carbonyl (C=O) groups is 1. The Morgan fingerprint density at radius 1 is 1.25 bits per heavy atom. The van der Waals surface area contributed by atoms with Gasteiger partial charge in [-0.2, -0.15) is 0 Å². The molecule has 1 atom stereocenters. The average Bonchev–Trinajstić information content (AvgIpc) is 2.70. The first-order valence-electron chi connectivity index (χ1n) is 8.16. The third-order valence-corrected chi connectivity index (χ3v) is 6.43. The monoisotopic (exact) mass is 296 g/mol. The first-order valence-corrected chi connectivity index (χ1v) is 8.98. The van der Waals surface area contributed by atoms with Gasteiger partial charge < -0.3 is 5.32 Å². The van der Waals surface area contributed by atoms with Crippen LogP contribution in [-0.2, 0) is 4.79 Å². The summed E-state index contributed by atoms with van der Waals surface area (Å²) in [4.78, 5) is 17.2. The van der Waals surface area contributed by atoms with E-state index in [1.165, 1.54) is 44.9 Å². The number of hydrogen-bond acceptors (Lipinski definition) is 3. The maximum absolute atomic E-state index is 12.3. The van der Waals surface area contributed by atoms with Crippen molar-refractivity contribution in [1.29, 1.82) is 0 Å². The number of thioether (sulfide) groups is 1. The maximum Gasteiger partial charge on any atom is 0.242 e. The van der Waals surface area contributed by atoms with Crippen LogP contribution >= 0.6 is 11.8 Å². The Bertz CT molecular complexity index is 373. The molecule has 1 unspecified atom stereocenters. The summed E-state index contributed by atoms with van der Waals surface area (Å²) in [6.07, 6.45) is 9.84. The zero-order valence-electron chi connectivity index (χ0n) is 13.1. The van der Waals surface area contributed by atoms with Crippen LogP contribution in [0.5, 0.6) is 0 Å². The molecule has 2 rings (SSSR count). The molecule has 0 aromatic carbocycles. The highest BCUT2D eigenvalue weighted by Crippen LogP contribution is 2.41. The van der Waals surface area contributed by atoms with Crippen LogP contribution in [-0.4, -0.2) is 21.9 Å². The van der Waals surface area contributed by atoms with Gasteiger partial charge in [0.15, 0.2) is 5.17 Å². The minimum absolute atomic E-state index is 0.157. The molecular formula is C16H28N2OS. The summed E-state index contributed by atoms with van der Waals surface area (Å²) in [7, 11) is 0. The van der Waals surface area contributed by atoms with E-state index in [9.17, 15) is 4.79 Å². The molecule has 3 nitrogen and oxygen atoms in total. The topological polar surface area (TPSA) is 41.5 Å². The van der Waals surface area contributed by atoms with Gasteiger partial charge in [-0.3, -0.25) is 9.79 Å². The molecule has 0 spiro atoms. The van der Waals surface area contributed by atoms with Gasteiger partial charge in [-0.1, -0.05) is 64.6 Å². The number of nitrogens with one attached hydrogen (secondary N) is 1. The highest BCUT2D eigenvalue weighted by atomic mass is 32.2. The van der Waals surface area contributed by atoms with Gasteiger partial charge in [0.1, 0.15) is 4.75 Å². The van der Waals surface area contributed by atoms with E-state index in [-0.39, 0.29) is 10.7 Å². The smallest absolute Gasteiger partial charge is 0.242 e. The molecule has 0 bridgehead atoms. The summed E-state index contributed by atoms with van der Waals surface area (Å²) in [5.74, 6) is 0.493. The van der Waals surface area contributed by atoms with Gasteiger partial charge in [0.05, 0.1) is 6.04 Å². The van der Waals surface area contributed by atoms with E-state index in [2.05, 4.69) is 26.1 Å². The summed E-state index contributed by atoms with van der Waals surface area (Å²) < 4.78 is -0.305. The summed E-state index contributed by atoms with van der Waals surface area (Å²) in [5.41, 5.74) is 0. The van der Waals surface area contributed by atoms with Crippen molar-refractivity contribution in [3.8, 4) is 0 Å². The van der Waals surface area contributed by atoms with Crippen LogP contribution in [0.1, 0.15) is 72.1 Å². The third kappa shape index (κ3) is 3.38. The number of amidine groups is 1. The molecule has 2 fully saturated rings. The molecule has 1 heterocycles. The molecule has 1 saturated carbocycles. The summed E-state index contributed by atoms with van der Waals surface area (Å²) in [6.45, 7) is 6.37. The molecule has 2 aliphatic rings. The van der Waals surface area contributed by atoms with E-state index in [1.54, 1.807) is 11.8 Å². The van der Waals surface area contributed by atoms with Crippen LogP contribution in [0.4, 0.5) is 0 Å². The zero-order valence-corrected chi connectivity index (χ0v) is 13.9. The van der Waals surface area contributed by atoms with E-state index in [0.717, 1.165) is 11.6 Å². The third-order valence-electron chi connectivity index (χ3n) is 4.72. The van der Waals surface area contributed by atoms with Crippen molar-refractivity contribution in [2.75, 3.05) is 0 Å². The molecule has 0 aromatic rings. The van der Waals surface area contributed by atoms with Crippen molar-refractivity contribution in [1.82, 2.24) is 5.32 Å². The summed E-state index contributed by atoms with van der Waals surface area (Å²) in [5, 5.41) is 3.91. The van der Waals surface area contributed by atoms with Gasteiger partial charge in [-0.15, -0.1) is 0 Å². The second-order valence-corrected chi connectivity index (χ2v) is 7.71. The van der Waals surface area contributed by atoms with Gasteiger partial charge in [-0.05, 0) is 25.2 Å². The fraction of sp³-hybridized carbons (Fsp3) is 0.875. The minimum Gasteiger partial charge on any atom is -0.304 e. The molecule has 1 saturated heterocycles. The maximum atomic E-state index is 12.3. The van der Waals surface area contributed by atoms with Crippen molar-refractivity contribution >= 4 is 22.8 Å². The van der Waals surface area contributed by atoms with Crippen LogP contribution < -0.4 is 5.32 Å². The standard InChI is InChI=1S/C16H28N2OS/c1-4-16(12(2)3)14(19)18-15(20-16)17-13-10-8-6-5-7-9-11-13/h12-13H,4-11H2,1-3H3,(H,17,18,19). The highest BCUT2D eigenvalue weighted by molar-refractivity contribution is 8.16. The lowest BCUT2D eigenvalue weighted by Gasteiger charge is -2.26. The second kappa shape index (κ2) is 6.97. The molecule has 114 valence electrons. The Labute approximate surface area is 127 Å². The molecule has 0 radical (unpaired) electrons. The van der Waals surface area contributed by atoms with Crippen LogP contribution in [0, 0.1) is 5.92 Å². The van der Waals surface area contributed by atoms with Crippen LogP contribution in [0.2, 0.25) is 0 Å². The lowest BCUT2D eigenvalue weighted by molar-refractivity contribution is -0.122. The van der Waals surface area contributed by atoms with Gasteiger partial charge in [0.25, 0.3) is 0 Å². The number of amides is 1. The number of rotatable bonds is 3. The Morgan fingerprint density at radius 3 is 2.35 bits per heavy atom. The predicted octanol–water partition coefficient (Wildman–Crippen LogP) is 4.12. The normalized spacial score (nSPS) is 31.4. The van der Waals surface area contributed by atoms with Crippen LogP contribution in [0.25, 0.3) is 0 Å². The fourth-order valence-electron chi connectivity index (χ4n) is 3.26. The highest BCUT2D eigenvalue weighted by Gasteiger charge is 2.47. The van der Waals surface area contributed by atoms with Crippen molar-refractivity contribution in [3.05, 3.63) is 0 Å². The van der Waals surface area contributed by atoms with Gasteiger partial charge >= 0.3 is 0 Å². The first kappa shape index (κ1) is 15.9. The lowest BCUT2D eigenvalue weighted by atomic mass is 9.91. The Balaban J connectivity index is 2.06. The summed E-state index contributed by atoms with van der Waals surface area (Å²) in [6, 6.07) is 0.415. The molecule has 1 amide bonds. The molecule has 20 heavy (non-hydrogen) atoms. The predicted molar refractivity (Wildman–Crippen MR) is 87.1 cm³/mol. The molecule has 4 heteroatoms. The van der Waals surface area contributed by atoms with Gasteiger partial charge in [0, 0.05) is 0 Å². The van der Waals surface area contributed by atoms with Crippen molar-refractivity contribution in [2.24, 2.45) is 10.9 Å². The molecular weight excluding hydrogens is 268 g/mol. The molecule has 1 aliphatic carbocycles. The Hall–Kier alpha value is -0.510. The average molecular weight is 296 g/mol. The minimum atomic E-state index is -0.305. The van der Waals surface area contributed by atoms with Crippen molar-refractivity contribution in [2.45, 2.75) is 82.9 Å². The van der Waals surface area contributed by atoms with Gasteiger partial charge in [0.2, 0.25) is 5.91 Å². The van der Waals surface area contributed by atoms with E-state index in [4.69, 9.17) is 4.99 Å². The number of carbonyl (C=O) groups excluding carboxylic acids is 1. The first-order chi connectivity index (χ1) is 9.58. The molecule has 1 N–H and O–H groups in total. The van der Waals surface area contributed by atoms with Gasteiger partial charge in [-0.25, -0.2) is 0 Å². The van der Waals surface area contributed by atoms with Crippen LogP contribution in [0.15, 0.2) is 4.99 Å². The van der Waals surface area contributed by atoms with E-state index in [1.807, 2.05) is 0 Å². The van der Waals surface area contributed by atoms with Crippen molar-refractivity contribution in [3.63, 3.8) is 0 Å².